The number of imide groups is 1. The number of ether oxygens (including phenoxy) is 1. The predicted molar refractivity (Wildman–Crippen MR) is 179 cm³/mol. The van der Waals surface area contributed by atoms with E-state index >= 15 is 0 Å². The topological polar surface area (TPSA) is 206 Å². The number of carbonyl (C=O) groups excluding carboxylic acids is 7. The van der Waals surface area contributed by atoms with Gasteiger partial charge in [0.25, 0.3) is 11.8 Å². The van der Waals surface area contributed by atoms with Crippen LogP contribution in [-0.4, -0.2) is 77.5 Å². The third kappa shape index (κ3) is 14.0. The van der Waals surface area contributed by atoms with E-state index in [0.717, 1.165) is 22.6 Å². The standard InChI is InChI=1S/C34H50N6O8/c1-21(2)18-27(37-29(42)15-17-40-30(43)13-14-31(40)44)33(46)39-28(19-22(3)4)34(47)38-26(8-6-7-16-35)32(45)36-25-11-9-24(10-12-25)20-48-23(5)41/h9-14,21-22,26-28H,6-8,15-20,35H2,1-5H3,(H,36,45)(H,37,42)(H,38,47)(H,39,46)/t26-,27+,28-/m0/s1. The molecule has 1 aromatic rings. The lowest BCUT2D eigenvalue weighted by Crippen LogP contribution is -2.56. The fraction of sp³-hybridized carbons (Fsp3) is 0.559. The molecule has 1 aromatic carbocycles. The van der Waals surface area contributed by atoms with Crippen molar-refractivity contribution in [2.75, 3.05) is 18.4 Å². The van der Waals surface area contributed by atoms with E-state index in [1.807, 2.05) is 27.7 Å². The molecule has 14 nitrogen and oxygen atoms in total. The highest BCUT2D eigenvalue weighted by atomic mass is 16.5. The maximum Gasteiger partial charge on any atom is 0.302 e. The van der Waals surface area contributed by atoms with E-state index in [9.17, 15) is 33.6 Å². The highest BCUT2D eigenvalue weighted by Gasteiger charge is 2.31. The first kappa shape index (κ1) is 39.6. The molecule has 48 heavy (non-hydrogen) atoms. The van der Waals surface area contributed by atoms with Crippen LogP contribution in [0.25, 0.3) is 0 Å². The van der Waals surface area contributed by atoms with Crippen molar-refractivity contribution in [2.45, 2.75) is 97.9 Å². The normalized spacial score (nSPS) is 14.5. The van der Waals surface area contributed by atoms with Crippen molar-refractivity contribution in [3.63, 3.8) is 0 Å². The number of nitrogens with one attached hydrogen (secondary N) is 4. The third-order valence-electron chi connectivity index (χ3n) is 7.41. The van der Waals surface area contributed by atoms with Crippen LogP contribution >= 0.6 is 0 Å². The predicted octanol–water partition coefficient (Wildman–Crippen LogP) is 1.68. The van der Waals surface area contributed by atoms with Crippen molar-refractivity contribution in [1.29, 1.82) is 0 Å². The number of nitrogens with two attached hydrogens (primary N) is 1. The SMILES string of the molecule is CC(=O)OCc1ccc(NC(=O)[C@H](CCCCN)NC(=O)[C@H](CC(C)C)NC(=O)[C@@H](CC(C)C)NC(=O)CCN2C(=O)C=CC2=O)cc1. The van der Waals surface area contributed by atoms with Gasteiger partial charge in [-0.1, -0.05) is 39.8 Å². The van der Waals surface area contributed by atoms with E-state index < -0.39 is 59.5 Å². The van der Waals surface area contributed by atoms with Crippen molar-refractivity contribution in [1.82, 2.24) is 20.9 Å². The van der Waals surface area contributed by atoms with Crippen LogP contribution in [0, 0.1) is 11.8 Å². The van der Waals surface area contributed by atoms with E-state index in [1.54, 1.807) is 24.3 Å². The Hall–Kier alpha value is -4.59. The highest BCUT2D eigenvalue weighted by molar-refractivity contribution is 6.13. The molecule has 264 valence electrons. The molecule has 0 aromatic heterocycles. The molecule has 0 saturated heterocycles. The average molecular weight is 671 g/mol. The van der Waals surface area contributed by atoms with Gasteiger partial charge in [0.2, 0.25) is 23.6 Å². The van der Waals surface area contributed by atoms with Gasteiger partial charge in [0, 0.05) is 37.7 Å². The molecule has 0 fully saturated rings. The molecule has 0 radical (unpaired) electrons. The summed E-state index contributed by atoms with van der Waals surface area (Å²) >= 11 is 0. The van der Waals surface area contributed by atoms with Crippen LogP contribution in [0.5, 0.6) is 0 Å². The molecule has 0 aliphatic carbocycles. The number of hydrogen-bond donors (Lipinski definition) is 5. The minimum absolute atomic E-state index is 0.00153. The van der Waals surface area contributed by atoms with Crippen LogP contribution < -0.4 is 27.0 Å². The van der Waals surface area contributed by atoms with E-state index in [4.69, 9.17) is 10.5 Å². The van der Waals surface area contributed by atoms with Crippen LogP contribution in [0.15, 0.2) is 36.4 Å². The summed E-state index contributed by atoms with van der Waals surface area (Å²) in [5.41, 5.74) is 6.88. The van der Waals surface area contributed by atoms with Gasteiger partial charge < -0.3 is 31.7 Å². The minimum atomic E-state index is -1.000. The Labute approximate surface area is 281 Å². The molecule has 2 rings (SSSR count). The average Bonchev–Trinajstić information content (AvgIpc) is 3.34. The second-order valence-corrected chi connectivity index (χ2v) is 12.7. The van der Waals surface area contributed by atoms with Crippen molar-refractivity contribution < 1.29 is 38.3 Å². The number of unbranched alkanes of at least 4 members (excludes halogenated alkanes) is 1. The van der Waals surface area contributed by atoms with Crippen LogP contribution in [0.2, 0.25) is 0 Å². The summed E-state index contributed by atoms with van der Waals surface area (Å²) in [5.74, 6) is -3.48. The zero-order chi connectivity index (χ0) is 35.8. The lowest BCUT2D eigenvalue weighted by molar-refractivity contribution is -0.142. The summed E-state index contributed by atoms with van der Waals surface area (Å²) in [6.45, 7) is 9.27. The molecule has 0 unspecified atom stereocenters. The third-order valence-corrected chi connectivity index (χ3v) is 7.41. The lowest BCUT2D eigenvalue weighted by atomic mass is 9.99. The molecule has 0 spiro atoms. The van der Waals surface area contributed by atoms with Gasteiger partial charge in [0.05, 0.1) is 0 Å². The smallest absolute Gasteiger partial charge is 0.302 e. The van der Waals surface area contributed by atoms with Gasteiger partial charge in [-0.25, -0.2) is 0 Å². The Morgan fingerprint density at radius 2 is 1.31 bits per heavy atom. The number of rotatable bonds is 20. The second-order valence-electron chi connectivity index (χ2n) is 12.7. The Morgan fingerprint density at radius 1 is 0.771 bits per heavy atom. The number of amides is 6. The van der Waals surface area contributed by atoms with E-state index in [2.05, 4.69) is 21.3 Å². The summed E-state index contributed by atoms with van der Waals surface area (Å²) in [4.78, 5) is 88.9. The van der Waals surface area contributed by atoms with Crippen LogP contribution in [0.3, 0.4) is 0 Å². The van der Waals surface area contributed by atoms with Gasteiger partial charge in [-0.05, 0) is 68.2 Å². The molecule has 14 heteroatoms. The Kier molecular flexibility index (Phi) is 16.4. The van der Waals surface area contributed by atoms with E-state index in [0.29, 0.717) is 31.5 Å². The van der Waals surface area contributed by atoms with Gasteiger partial charge in [0.1, 0.15) is 24.7 Å². The van der Waals surface area contributed by atoms with Gasteiger partial charge in [-0.2, -0.15) is 0 Å². The van der Waals surface area contributed by atoms with Gasteiger partial charge in [-0.15, -0.1) is 0 Å². The van der Waals surface area contributed by atoms with Gasteiger partial charge >= 0.3 is 5.97 Å². The number of benzene rings is 1. The van der Waals surface area contributed by atoms with Crippen LogP contribution in [0.1, 0.15) is 78.7 Å². The van der Waals surface area contributed by atoms with Crippen molar-refractivity contribution in [3.05, 3.63) is 42.0 Å². The first-order chi connectivity index (χ1) is 22.7. The summed E-state index contributed by atoms with van der Waals surface area (Å²) in [6, 6.07) is 3.85. The Balaban J connectivity index is 2.12. The molecule has 0 bridgehead atoms. The number of esters is 1. The van der Waals surface area contributed by atoms with Crippen LogP contribution in [-0.2, 0) is 44.9 Å². The quantitative estimate of drug-likeness (QED) is 0.0776. The fourth-order valence-electron chi connectivity index (χ4n) is 4.94. The van der Waals surface area contributed by atoms with Crippen molar-refractivity contribution >= 4 is 47.1 Å². The van der Waals surface area contributed by atoms with Crippen molar-refractivity contribution in [2.24, 2.45) is 17.6 Å². The largest absolute Gasteiger partial charge is 0.461 e. The summed E-state index contributed by atoms with van der Waals surface area (Å²) < 4.78 is 4.99. The number of carbonyl (C=O) groups is 7. The molecule has 1 aliphatic rings. The zero-order valence-electron chi connectivity index (χ0n) is 28.5. The number of nitrogens with zero attached hydrogens (tertiary/aromatic N) is 1. The minimum Gasteiger partial charge on any atom is -0.461 e. The number of hydrogen-bond acceptors (Lipinski definition) is 9. The Morgan fingerprint density at radius 3 is 1.83 bits per heavy atom. The van der Waals surface area contributed by atoms with Crippen LogP contribution in [0.4, 0.5) is 5.69 Å². The monoisotopic (exact) mass is 670 g/mol. The maximum atomic E-state index is 13.6. The first-order valence-corrected chi connectivity index (χ1v) is 16.4. The summed E-state index contributed by atoms with van der Waals surface area (Å²) in [6.07, 6.45) is 4.15. The Bertz CT molecular complexity index is 1310. The molecule has 1 aliphatic heterocycles. The van der Waals surface area contributed by atoms with Gasteiger partial charge in [0.15, 0.2) is 0 Å². The molecule has 6 N–H and O–H groups in total. The first-order valence-electron chi connectivity index (χ1n) is 16.4. The zero-order valence-corrected chi connectivity index (χ0v) is 28.5. The van der Waals surface area contributed by atoms with Gasteiger partial charge in [-0.3, -0.25) is 38.5 Å². The maximum absolute atomic E-state index is 13.6. The molecule has 0 saturated carbocycles. The van der Waals surface area contributed by atoms with Crippen molar-refractivity contribution in [3.8, 4) is 0 Å². The fourth-order valence-corrected chi connectivity index (χ4v) is 4.94. The number of anilines is 1. The summed E-state index contributed by atoms with van der Waals surface area (Å²) in [5, 5.41) is 11.1. The molecule has 6 amide bonds. The molecular weight excluding hydrogens is 620 g/mol. The molecular formula is C34H50N6O8. The highest BCUT2D eigenvalue weighted by Crippen LogP contribution is 2.14. The van der Waals surface area contributed by atoms with E-state index in [-0.39, 0.29) is 44.2 Å². The summed E-state index contributed by atoms with van der Waals surface area (Å²) in [7, 11) is 0. The lowest BCUT2D eigenvalue weighted by Gasteiger charge is -2.27. The second kappa shape index (κ2) is 19.9. The molecule has 1 heterocycles. The van der Waals surface area contributed by atoms with E-state index in [1.165, 1.54) is 6.92 Å². The molecule has 3 atom stereocenters.